The van der Waals surface area contributed by atoms with E-state index in [9.17, 15) is 4.79 Å². The fraction of sp³-hybridized carbons (Fsp3) is 0.250. The van der Waals surface area contributed by atoms with E-state index >= 15 is 0 Å². The molecule has 148 valence electrons. The van der Waals surface area contributed by atoms with Crippen molar-refractivity contribution < 1.29 is 9.53 Å². The molecule has 0 N–H and O–H groups in total. The monoisotopic (exact) mass is 387 g/mol. The molecule has 4 rings (SSSR count). The van der Waals surface area contributed by atoms with Crippen molar-refractivity contribution in [2.75, 3.05) is 18.1 Å². The van der Waals surface area contributed by atoms with Gasteiger partial charge in [0.2, 0.25) is 11.8 Å². The van der Waals surface area contributed by atoms with Gasteiger partial charge in [-0.3, -0.25) is 4.79 Å². The van der Waals surface area contributed by atoms with Gasteiger partial charge in [0.25, 0.3) is 0 Å². The quantitative estimate of drug-likeness (QED) is 0.631. The van der Waals surface area contributed by atoms with Crippen LogP contribution in [0.4, 0.5) is 5.69 Å². The summed E-state index contributed by atoms with van der Waals surface area (Å²) in [5.41, 5.74) is 4.02. The number of hydrogen-bond acceptors (Lipinski definition) is 3. The first-order valence-electron chi connectivity index (χ1n) is 9.94. The minimum atomic E-state index is -0.00955. The molecule has 29 heavy (non-hydrogen) atoms. The lowest BCUT2D eigenvalue weighted by Gasteiger charge is -2.22. The fourth-order valence-electron chi connectivity index (χ4n) is 3.64. The summed E-state index contributed by atoms with van der Waals surface area (Å²) in [5.74, 6) is 0.629. The van der Waals surface area contributed by atoms with Gasteiger partial charge in [-0.05, 0) is 49.2 Å². The Bertz CT molecular complexity index is 1020. The van der Waals surface area contributed by atoms with Gasteiger partial charge in [0.05, 0.1) is 0 Å². The lowest BCUT2D eigenvalue weighted by Crippen LogP contribution is -2.34. The summed E-state index contributed by atoms with van der Waals surface area (Å²) in [7, 11) is 0. The van der Waals surface area contributed by atoms with Crippen LogP contribution in [0.1, 0.15) is 29.8 Å². The molecule has 5 nitrogen and oxygen atoms in total. The number of hydrogen-bond donors (Lipinski definition) is 0. The van der Waals surface area contributed by atoms with Crippen LogP contribution in [0.25, 0.3) is 0 Å². The molecule has 0 spiro atoms. The summed E-state index contributed by atoms with van der Waals surface area (Å²) in [5, 5.41) is 0. The van der Waals surface area contributed by atoms with Gasteiger partial charge in [-0.2, -0.15) is 0 Å². The maximum Gasteiger partial charge on any atom is 0.246 e. The lowest BCUT2D eigenvalue weighted by molar-refractivity contribution is -0.119. The molecule has 1 aliphatic heterocycles. The molecule has 1 unspecified atom stereocenters. The Morgan fingerprint density at radius 1 is 1.14 bits per heavy atom. The number of benzene rings is 2. The highest BCUT2D eigenvalue weighted by atomic mass is 16.5. The molecule has 2 heterocycles. The topological polar surface area (TPSA) is 46.8 Å². The summed E-state index contributed by atoms with van der Waals surface area (Å²) in [6.07, 6.45) is 1.90. The molecule has 0 radical (unpaired) electrons. The van der Waals surface area contributed by atoms with Crippen molar-refractivity contribution in [2.45, 2.75) is 26.4 Å². The van der Waals surface area contributed by atoms with Gasteiger partial charge in [0.1, 0.15) is 24.9 Å². The molecular weight excluding hydrogens is 362 g/mol. The Kier molecular flexibility index (Phi) is 5.47. The Morgan fingerprint density at radius 2 is 1.97 bits per heavy atom. The van der Waals surface area contributed by atoms with E-state index in [1.54, 1.807) is 4.90 Å². The Hall–Kier alpha value is -3.34. The number of likely N-dealkylation sites (N-methyl/N-ethyl adjacent to an activating group) is 1. The van der Waals surface area contributed by atoms with Crippen molar-refractivity contribution in [3.63, 3.8) is 0 Å². The minimum Gasteiger partial charge on any atom is -0.474 e. The SMILES string of the molecule is CCN(C(=O)Cn1cccc1C1=NC(c2ccccc2)CO1)c1cccc(C)c1. The van der Waals surface area contributed by atoms with Crippen LogP contribution in [-0.2, 0) is 16.1 Å². The van der Waals surface area contributed by atoms with E-state index < -0.39 is 0 Å². The Labute approximate surface area is 171 Å². The molecule has 1 aromatic heterocycles. The number of carbonyl (C=O) groups excluding carboxylic acids is 1. The predicted molar refractivity (Wildman–Crippen MR) is 115 cm³/mol. The molecule has 0 bridgehead atoms. The van der Waals surface area contributed by atoms with Gasteiger partial charge < -0.3 is 14.2 Å². The van der Waals surface area contributed by atoms with Gasteiger partial charge in [-0.1, -0.05) is 42.5 Å². The third kappa shape index (κ3) is 4.09. The summed E-state index contributed by atoms with van der Waals surface area (Å²) in [6, 6.07) is 22.0. The average Bonchev–Trinajstić information content (AvgIpc) is 3.39. The second kappa shape index (κ2) is 8.35. The first kappa shape index (κ1) is 19.0. The third-order valence-corrected chi connectivity index (χ3v) is 5.12. The highest BCUT2D eigenvalue weighted by molar-refractivity contribution is 5.96. The fourth-order valence-corrected chi connectivity index (χ4v) is 3.64. The summed E-state index contributed by atoms with van der Waals surface area (Å²) in [6.45, 7) is 5.40. The second-order valence-corrected chi connectivity index (χ2v) is 7.17. The van der Waals surface area contributed by atoms with Crippen LogP contribution in [0.15, 0.2) is 77.9 Å². The third-order valence-electron chi connectivity index (χ3n) is 5.12. The van der Waals surface area contributed by atoms with E-state index in [4.69, 9.17) is 9.73 Å². The lowest BCUT2D eigenvalue weighted by atomic mass is 10.1. The molecule has 0 aliphatic carbocycles. The highest BCUT2D eigenvalue weighted by Gasteiger charge is 2.24. The van der Waals surface area contributed by atoms with E-state index in [0.717, 1.165) is 22.5 Å². The van der Waals surface area contributed by atoms with Gasteiger partial charge in [0, 0.05) is 18.4 Å². The van der Waals surface area contributed by atoms with Crippen LogP contribution < -0.4 is 4.90 Å². The van der Waals surface area contributed by atoms with Crippen LogP contribution in [-0.4, -0.2) is 29.5 Å². The molecule has 2 aromatic carbocycles. The van der Waals surface area contributed by atoms with Crippen molar-refractivity contribution in [1.29, 1.82) is 0 Å². The number of nitrogens with zero attached hydrogens (tertiary/aromatic N) is 3. The van der Waals surface area contributed by atoms with Gasteiger partial charge >= 0.3 is 0 Å². The maximum absolute atomic E-state index is 13.0. The molecule has 5 heteroatoms. The second-order valence-electron chi connectivity index (χ2n) is 7.17. The number of ether oxygens (including phenoxy) is 1. The zero-order valence-electron chi connectivity index (χ0n) is 16.8. The standard InChI is InChI=1S/C24H25N3O2/c1-3-27(20-12-7-9-18(2)15-20)23(28)16-26-14-8-13-22(26)24-25-21(17-29-24)19-10-5-4-6-11-19/h4-15,21H,3,16-17H2,1-2H3. The smallest absolute Gasteiger partial charge is 0.246 e. The average molecular weight is 387 g/mol. The van der Waals surface area contributed by atoms with E-state index in [1.807, 2.05) is 79.2 Å². The van der Waals surface area contributed by atoms with E-state index in [-0.39, 0.29) is 18.5 Å². The molecule has 3 aromatic rings. The first-order chi connectivity index (χ1) is 14.2. The van der Waals surface area contributed by atoms with Crippen LogP contribution in [0.5, 0.6) is 0 Å². The molecule has 1 amide bonds. The van der Waals surface area contributed by atoms with E-state index in [0.29, 0.717) is 19.0 Å². The van der Waals surface area contributed by atoms with E-state index in [1.165, 1.54) is 0 Å². The van der Waals surface area contributed by atoms with E-state index in [2.05, 4.69) is 12.1 Å². The Balaban J connectivity index is 1.53. The number of anilines is 1. The van der Waals surface area contributed by atoms with Crippen LogP contribution in [0, 0.1) is 6.92 Å². The van der Waals surface area contributed by atoms with Crippen molar-refractivity contribution >= 4 is 17.5 Å². The largest absolute Gasteiger partial charge is 0.474 e. The molecule has 0 saturated heterocycles. The van der Waals surface area contributed by atoms with Crippen LogP contribution in [0.2, 0.25) is 0 Å². The number of aliphatic imine (C=N–C) groups is 1. The normalized spacial score (nSPS) is 15.7. The number of amides is 1. The first-order valence-corrected chi connectivity index (χ1v) is 9.94. The summed E-state index contributed by atoms with van der Waals surface area (Å²) < 4.78 is 7.79. The minimum absolute atomic E-state index is 0.00955. The Morgan fingerprint density at radius 3 is 2.72 bits per heavy atom. The molecule has 0 saturated carbocycles. The molecule has 1 atom stereocenters. The predicted octanol–water partition coefficient (Wildman–Crippen LogP) is 4.37. The zero-order chi connectivity index (χ0) is 20.2. The molecular formula is C24H25N3O2. The summed E-state index contributed by atoms with van der Waals surface area (Å²) >= 11 is 0. The number of aromatic nitrogens is 1. The van der Waals surface area contributed by atoms with Gasteiger partial charge in [0.15, 0.2) is 0 Å². The maximum atomic E-state index is 13.0. The van der Waals surface area contributed by atoms with Gasteiger partial charge in [-0.25, -0.2) is 4.99 Å². The van der Waals surface area contributed by atoms with Crippen molar-refractivity contribution in [3.8, 4) is 0 Å². The summed E-state index contributed by atoms with van der Waals surface area (Å²) in [4.78, 5) is 19.6. The van der Waals surface area contributed by atoms with Crippen molar-refractivity contribution in [2.24, 2.45) is 4.99 Å². The highest BCUT2D eigenvalue weighted by Crippen LogP contribution is 2.25. The van der Waals surface area contributed by atoms with Crippen LogP contribution in [0.3, 0.4) is 0 Å². The molecule has 1 aliphatic rings. The number of rotatable bonds is 6. The van der Waals surface area contributed by atoms with Gasteiger partial charge in [-0.15, -0.1) is 0 Å². The number of carbonyl (C=O) groups is 1. The van der Waals surface area contributed by atoms with Crippen molar-refractivity contribution in [3.05, 3.63) is 89.7 Å². The molecule has 0 fully saturated rings. The number of aryl methyl sites for hydroxylation is 1. The van der Waals surface area contributed by atoms with Crippen LogP contribution >= 0.6 is 0 Å². The zero-order valence-corrected chi connectivity index (χ0v) is 16.8. The van der Waals surface area contributed by atoms with Crippen molar-refractivity contribution in [1.82, 2.24) is 4.57 Å².